The molecule has 0 saturated carbocycles. The van der Waals surface area contributed by atoms with Gasteiger partial charge in [0.1, 0.15) is 6.61 Å². The molecule has 0 amide bonds. The van der Waals surface area contributed by atoms with Crippen LogP contribution in [-0.2, 0) is 16.0 Å². The van der Waals surface area contributed by atoms with Crippen LogP contribution in [-0.4, -0.2) is 23.7 Å². The van der Waals surface area contributed by atoms with Gasteiger partial charge < -0.3 is 15.4 Å². The Morgan fingerprint density at radius 3 is 2.24 bits per heavy atom. The second kappa shape index (κ2) is 10.4. The number of nitrogens with one attached hydrogen (secondary N) is 2. The van der Waals surface area contributed by atoms with Crippen molar-refractivity contribution in [1.82, 2.24) is 10.6 Å². The highest BCUT2D eigenvalue weighted by Crippen LogP contribution is 2.16. The maximum absolute atomic E-state index is 12.2. The summed E-state index contributed by atoms with van der Waals surface area (Å²) in [7, 11) is 0. The van der Waals surface area contributed by atoms with Crippen LogP contribution in [0.1, 0.15) is 50.4 Å². The molecule has 2 unspecified atom stereocenters. The van der Waals surface area contributed by atoms with Gasteiger partial charge in [-0.3, -0.25) is 4.79 Å². The first kappa shape index (κ1) is 22.9. The summed E-state index contributed by atoms with van der Waals surface area (Å²) in [6, 6.07) is 18.5. The van der Waals surface area contributed by atoms with E-state index in [-0.39, 0.29) is 24.7 Å². The number of rotatable bonds is 7. The van der Waals surface area contributed by atoms with Gasteiger partial charge in [0.2, 0.25) is 0 Å². The lowest BCUT2D eigenvalue weighted by Crippen LogP contribution is -2.46. The maximum Gasteiger partial charge on any atom is 0.311 e. The van der Waals surface area contributed by atoms with E-state index in [1.165, 1.54) is 11.1 Å². The van der Waals surface area contributed by atoms with Crippen LogP contribution in [0.4, 0.5) is 0 Å². The normalized spacial score (nSPS) is 13.3. The Labute approximate surface area is 180 Å². The molecule has 0 fully saturated rings. The van der Waals surface area contributed by atoms with Crippen LogP contribution in [0.3, 0.4) is 0 Å². The van der Waals surface area contributed by atoms with Crippen molar-refractivity contribution in [2.45, 2.75) is 53.1 Å². The number of benzene rings is 2. The van der Waals surface area contributed by atoms with Crippen molar-refractivity contribution in [3.63, 3.8) is 0 Å². The molecule has 5 heteroatoms. The molecule has 4 nitrogen and oxygen atoms in total. The van der Waals surface area contributed by atoms with E-state index >= 15 is 0 Å². The Balaban J connectivity index is 2.00. The minimum Gasteiger partial charge on any atom is -0.463 e. The van der Waals surface area contributed by atoms with E-state index in [1.807, 2.05) is 39.0 Å². The van der Waals surface area contributed by atoms with Crippen LogP contribution >= 0.6 is 12.2 Å². The van der Waals surface area contributed by atoms with Gasteiger partial charge in [0.15, 0.2) is 5.11 Å². The van der Waals surface area contributed by atoms with Crippen molar-refractivity contribution < 1.29 is 9.53 Å². The lowest BCUT2D eigenvalue weighted by molar-refractivity contribution is -0.153. The van der Waals surface area contributed by atoms with Gasteiger partial charge in [0.05, 0.1) is 17.5 Å². The van der Waals surface area contributed by atoms with E-state index in [9.17, 15) is 4.79 Å². The molecule has 2 atom stereocenters. The fraction of sp³-hybridized carbons (Fsp3) is 0.417. The summed E-state index contributed by atoms with van der Waals surface area (Å²) in [5.74, 6) is -0.218. The fourth-order valence-corrected chi connectivity index (χ4v) is 3.15. The summed E-state index contributed by atoms with van der Waals surface area (Å²) >= 11 is 5.54. The van der Waals surface area contributed by atoms with E-state index in [2.05, 4.69) is 60.9 Å². The molecule has 0 saturated heterocycles. The number of esters is 1. The summed E-state index contributed by atoms with van der Waals surface area (Å²) < 4.78 is 5.56. The molecule has 2 aromatic carbocycles. The average Bonchev–Trinajstić information content (AvgIpc) is 2.66. The van der Waals surface area contributed by atoms with Gasteiger partial charge in [-0.15, -0.1) is 0 Å². The van der Waals surface area contributed by atoms with E-state index in [1.54, 1.807) is 0 Å². The van der Waals surface area contributed by atoms with Crippen molar-refractivity contribution in [2.75, 3.05) is 6.61 Å². The minimum atomic E-state index is -0.532. The van der Waals surface area contributed by atoms with Crippen molar-refractivity contribution in [3.8, 4) is 0 Å². The number of hydrogen-bond donors (Lipinski definition) is 2. The zero-order valence-corrected chi connectivity index (χ0v) is 18.8. The lowest BCUT2D eigenvalue weighted by Gasteiger charge is -2.25. The predicted octanol–water partition coefficient (Wildman–Crippen LogP) is 4.72. The summed E-state index contributed by atoms with van der Waals surface area (Å²) in [6.07, 6.45) is 0.707. The number of carbonyl (C=O) groups is 1. The Morgan fingerprint density at radius 2 is 1.66 bits per heavy atom. The van der Waals surface area contributed by atoms with Crippen LogP contribution in [0.5, 0.6) is 0 Å². The topological polar surface area (TPSA) is 50.4 Å². The molecule has 0 aromatic heterocycles. The van der Waals surface area contributed by atoms with E-state index in [4.69, 9.17) is 17.0 Å². The van der Waals surface area contributed by atoms with Gasteiger partial charge >= 0.3 is 5.97 Å². The van der Waals surface area contributed by atoms with Gasteiger partial charge in [-0.05, 0) is 64.4 Å². The predicted molar refractivity (Wildman–Crippen MR) is 123 cm³/mol. The van der Waals surface area contributed by atoms with E-state index in [0.717, 1.165) is 5.56 Å². The third-order valence-corrected chi connectivity index (χ3v) is 4.85. The van der Waals surface area contributed by atoms with Crippen LogP contribution in [0, 0.1) is 12.3 Å². The molecule has 0 spiro atoms. The van der Waals surface area contributed by atoms with Gasteiger partial charge in [0, 0.05) is 0 Å². The Bertz CT molecular complexity index is 798. The minimum absolute atomic E-state index is 0.0742. The van der Waals surface area contributed by atoms with Crippen molar-refractivity contribution in [1.29, 1.82) is 0 Å². The van der Waals surface area contributed by atoms with Gasteiger partial charge in [0.25, 0.3) is 0 Å². The Kier molecular flexibility index (Phi) is 8.21. The summed E-state index contributed by atoms with van der Waals surface area (Å²) in [6.45, 7) is 9.95. The smallest absolute Gasteiger partial charge is 0.311 e. The number of ether oxygens (including phenoxy) is 1. The molecule has 0 radical (unpaired) electrons. The molecule has 156 valence electrons. The van der Waals surface area contributed by atoms with Gasteiger partial charge in [-0.25, -0.2) is 0 Å². The molecule has 29 heavy (non-hydrogen) atoms. The van der Waals surface area contributed by atoms with Gasteiger partial charge in [-0.2, -0.15) is 0 Å². The van der Waals surface area contributed by atoms with Crippen LogP contribution in [0.2, 0.25) is 0 Å². The van der Waals surface area contributed by atoms with Crippen LogP contribution in [0.15, 0.2) is 54.6 Å². The van der Waals surface area contributed by atoms with Gasteiger partial charge in [-0.1, -0.05) is 60.2 Å². The number of hydrogen-bond acceptors (Lipinski definition) is 3. The lowest BCUT2D eigenvalue weighted by atomic mass is 9.97. The van der Waals surface area contributed by atoms with Crippen LogP contribution < -0.4 is 10.6 Å². The zero-order valence-electron chi connectivity index (χ0n) is 18.0. The Hall–Kier alpha value is -2.40. The molecule has 0 aliphatic carbocycles. The number of carbonyl (C=O) groups excluding carboxylic acids is 1. The number of aryl methyl sites for hydroxylation is 1. The molecule has 2 rings (SSSR count). The fourth-order valence-electron chi connectivity index (χ4n) is 2.81. The molecule has 2 N–H and O–H groups in total. The largest absolute Gasteiger partial charge is 0.463 e. The number of thiocarbonyl (C=S) groups is 1. The maximum atomic E-state index is 12.2. The highest BCUT2D eigenvalue weighted by molar-refractivity contribution is 7.80. The molecule has 0 aliphatic rings. The summed E-state index contributed by atoms with van der Waals surface area (Å²) in [5.41, 5.74) is 3.02. The molecule has 0 heterocycles. The SMILES string of the molecule is Cc1ccc(C(C)NC(=S)NC(COC(=O)C(C)(C)C)Cc2ccccc2)cc1. The first-order chi connectivity index (χ1) is 13.6. The van der Waals surface area contributed by atoms with Crippen LogP contribution in [0.25, 0.3) is 0 Å². The molecule has 0 bridgehead atoms. The first-order valence-corrected chi connectivity index (χ1v) is 10.4. The summed E-state index contributed by atoms with van der Waals surface area (Å²) in [5, 5.41) is 7.20. The van der Waals surface area contributed by atoms with Crippen molar-refractivity contribution in [3.05, 3.63) is 71.3 Å². The second-order valence-corrected chi connectivity index (χ2v) is 8.89. The highest BCUT2D eigenvalue weighted by Gasteiger charge is 2.24. The third kappa shape index (κ3) is 7.86. The molecular weight excluding hydrogens is 380 g/mol. The molecular formula is C24H32N2O2S. The van der Waals surface area contributed by atoms with Crippen molar-refractivity contribution in [2.24, 2.45) is 5.41 Å². The quantitative estimate of drug-likeness (QED) is 0.509. The molecule has 0 aliphatic heterocycles. The highest BCUT2D eigenvalue weighted by atomic mass is 32.1. The van der Waals surface area contributed by atoms with E-state index in [0.29, 0.717) is 11.5 Å². The van der Waals surface area contributed by atoms with E-state index < -0.39 is 5.41 Å². The molecule has 2 aromatic rings. The first-order valence-electron chi connectivity index (χ1n) is 10.00. The Morgan fingerprint density at radius 1 is 1.03 bits per heavy atom. The summed E-state index contributed by atoms with van der Waals surface area (Å²) in [4.78, 5) is 12.2. The monoisotopic (exact) mass is 412 g/mol. The zero-order chi connectivity index (χ0) is 21.4. The third-order valence-electron chi connectivity index (χ3n) is 4.61. The average molecular weight is 413 g/mol. The second-order valence-electron chi connectivity index (χ2n) is 8.49. The van der Waals surface area contributed by atoms with Crippen molar-refractivity contribution >= 4 is 23.3 Å². The standard InChI is InChI=1S/C24H32N2O2S/c1-17-11-13-20(14-12-17)18(2)25-23(29)26-21(15-19-9-7-6-8-10-19)16-28-22(27)24(3,4)5/h6-14,18,21H,15-16H2,1-5H3,(H2,25,26,29).